The van der Waals surface area contributed by atoms with Crippen LogP contribution in [-0.4, -0.2) is 94.6 Å². The van der Waals surface area contributed by atoms with Crippen molar-refractivity contribution in [3.05, 3.63) is 166 Å². The van der Waals surface area contributed by atoms with E-state index in [-0.39, 0.29) is 44.8 Å². The van der Waals surface area contributed by atoms with Gasteiger partial charge in [-0.05, 0) is 104 Å². The van der Waals surface area contributed by atoms with Gasteiger partial charge in [-0.15, -0.1) is 0 Å². The second kappa shape index (κ2) is 17.9. The topological polar surface area (TPSA) is 169 Å². The summed E-state index contributed by atoms with van der Waals surface area (Å²) in [7, 11) is -3.78. The molecule has 4 aliphatic rings. The Balaban J connectivity index is 0.000000166. The zero-order valence-electron chi connectivity index (χ0n) is 37.1. The van der Waals surface area contributed by atoms with Crippen molar-refractivity contribution in [2.24, 2.45) is 14.1 Å². The number of rotatable bonds is 8. The first-order valence-electron chi connectivity index (χ1n) is 22.2. The van der Waals surface area contributed by atoms with E-state index < -0.39 is 20.0 Å². The molecule has 0 bridgehead atoms. The van der Waals surface area contributed by atoms with Crippen LogP contribution in [0.1, 0.15) is 74.2 Å². The predicted molar refractivity (Wildman–Crippen MR) is 251 cm³/mol. The van der Waals surface area contributed by atoms with Crippen molar-refractivity contribution in [3.8, 4) is 0 Å². The van der Waals surface area contributed by atoms with Crippen LogP contribution in [0.3, 0.4) is 0 Å². The molecule has 2 fully saturated rings. The van der Waals surface area contributed by atoms with E-state index in [1.165, 1.54) is 55.9 Å². The third-order valence-corrected chi connectivity index (χ3v) is 18.0. The van der Waals surface area contributed by atoms with Gasteiger partial charge in [0, 0.05) is 91.7 Å². The number of sulfonamides is 2. The van der Waals surface area contributed by atoms with Crippen LogP contribution in [0, 0.1) is 6.92 Å². The lowest BCUT2D eigenvalue weighted by atomic mass is 9.71. The molecule has 10 rings (SSSR count). The summed E-state index contributed by atoms with van der Waals surface area (Å²) in [5.41, 5.74) is 6.46. The maximum absolute atomic E-state index is 13.2. The zero-order chi connectivity index (χ0) is 46.4. The molecule has 2 spiro atoms. The number of nitrogens with one attached hydrogen (secondary N) is 2. The second-order valence-electron chi connectivity index (χ2n) is 18.0. The van der Waals surface area contributed by atoms with E-state index in [0.29, 0.717) is 68.0 Å². The molecular weight excluding hydrogens is 896 g/mol. The van der Waals surface area contributed by atoms with E-state index >= 15 is 0 Å². The van der Waals surface area contributed by atoms with Gasteiger partial charge in [0.2, 0.25) is 0 Å². The van der Waals surface area contributed by atoms with Crippen molar-refractivity contribution < 1.29 is 26.4 Å². The molecule has 2 atom stereocenters. The summed E-state index contributed by atoms with van der Waals surface area (Å²) in [5.74, 6) is -0.221. The number of hydrogen-bond donors (Lipinski definition) is 2. The number of nitrogens with zero attached hydrogens (tertiary/aromatic N) is 6. The number of halogens is 1. The normalized spacial score (nSPS) is 20.0. The minimum absolute atomic E-state index is 0.0698. The summed E-state index contributed by atoms with van der Waals surface area (Å²) in [6.45, 7) is 3.48. The molecule has 344 valence electrons. The van der Waals surface area contributed by atoms with Gasteiger partial charge in [0.05, 0.1) is 12.7 Å². The van der Waals surface area contributed by atoms with Gasteiger partial charge >= 0.3 is 0 Å². The Hall–Kier alpha value is -5.65. The molecule has 14 nitrogen and oxygen atoms in total. The van der Waals surface area contributed by atoms with Crippen molar-refractivity contribution in [2.45, 2.75) is 78.4 Å². The van der Waals surface area contributed by atoms with E-state index in [4.69, 9.17) is 11.6 Å². The Morgan fingerprint density at radius 1 is 0.606 bits per heavy atom. The van der Waals surface area contributed by atoms with Gasteiger partial charge in [0.25, 0.3) is 31.9 Å². The third-order valence-electron chi connectivity index (χ3n) is 14.2. The summed E-state index contributed by atoms with van der Waals surface area (Å²) in [6.07, 6.45) is 10.1. The number of carbonyl (C=O) groups is 2. The molecule has 2 aromatic heterocycles. The second-order valence-corrected chi connectivity index (χ2v) is 22.2. The highest BCUT2D eigenvalue weighted by atomic mass is 35.5. The molecule has 2 aliphatic heterocycles. The summed E-state index contributed by atoms with van der Waals surface area (Å²) in [4.78, 5) is 34.3. The van der Waals surface area contributed by atoms with Crippen molar-refractivity contribution in [2.75, 3.05) is 26.2 Å². The Bertz CT molecular complexity index is 3010. The number of aromatic nitrogens is 4. The predicted octanol–water partition coefficient (Wildman–Crippen LogP) is 5.96. The molecule has 2 N–H and O–H groups in total. The largest absolute Gasteiger partial charge is 0.348 e. The molecule has 2 aliphatic carbocycles. The molecular formula is C49H53ClN8O6S2. The van der Waals surface area contributed by atoms with Gasteiger partial charge in [-0.25, -0.2) is 26.8 Å². The third kappa shape index (κ3) is 8.38. The Morgan fingerprint density at radius 3 is 1.47 bits per heavy atom. The molecule has 66 heavy (non-hydrogen) atoms. The first-order valence-corrected chi connectivity index (χ1v) is 25.4. The standard InChI is InChI=1S/C25H28N4O3S.C24H25ClN4O3S/c1-18-7-3-5-9-20(18)24(30)27-22-15-19-8-4-6-10-21(19)25(22)11-13-29(14-12-25)33(31,32)23-16-28(2)17-26-23;1-28-15-22(26-16-28)33(31,32)29-12-10-24(11-13-29)20-5-3-2-4-18(20)14-21(24)27-23(30)17-6-8-19(25)9-7-17/h3-10,16-17,22H,11-15H2,1-2H3,(H,27,30);2-9,15-16,21H,10-14H2,1H3,(H,27,30). The number of hydrogen-bond acceptors (Lipinski definition) is 8. The summed E-state index contributed by atoms with van der Waals surface area (Å²) in [6, 6.07) is 30.8. The Morgan fingerprint density at radius 2 is 1.03 bits per heavy atom. The van der Waals surface area contributed by atoms with E-state index in [0.717, 1.165) is 18.4 Å². The molecule has 6 aromatic rings. The fraction of sp³-hybridized carbons (Fsp3) is 0.347. The first kappa shape index (κ1) is 45.5. The summed E-state index contributed by atoms with van der Waals surface area (Å²) >= 11 is 5.97. The van der Waals surface area contributed by atoms with Crippen molar-refractivity contribution in [3.63, 3.8) is 0 Å². The van der Waals surface area contributed by atoms with Gasteiger partial charge in [0.15, 0.2) is 10.1 Å². The number of piperidine rings is 2. The van der Waals surface area contributed by atoms with Crippen LogP contribution >= 0.6 is 11.6 Å². The van der Waals surface area contributed by atoms with Gasteiger partial charge in [-0.2, -0.15) is 8.61 Å². The number of benzene rings is 4. The van der Waals surface area contributed by atoms with Crippen molar-refractivity contribution in [1.82, 2.24) is 38.3 Å². The van der Waals surface area contributed by atoms with Crippen LogP contribution in [0.2, 0.25) is 5.02 Å². The number of fused-ring (bicyclic) bond motifs is 4. The highest BCUT2D eigenvalue weighted by Crippen LogP contribution is 2.48. The van der Waals surface area contributed by atoms with Crippen LogP contribution in [0.25, 0.3) is 0 Å². The molecule has 2 unspecified atom stereocenters. The minimum Gasteiger partial charge on any atom is -0.348 e. The van der Waals surface area contributed by atoms with Crippen LogP contribution in [0.4, 0.5) is 0 Å². The molecule has 2 amide bonds. The lowest BCUT2D eigenvalue weighted by Gasteiger charge is -2.43. The lowest BCUT2D eigenvalue weighted by Crippen LogP contribution is -2.54. The highest BCUT2D eigenvalue weighted by Gasteiger charge is 2.52. The first-order chi connectivity index (χ1) is 31.6. The quantitative estimate of drug-likeness (QED) is 0.189. The fourth-order valence-electron chi connectivity index (χ4n) is 10.7. The Labute approximate surface area is 391 Å². The number of amides is 2. The van der Waals surface area contributed by atoms with E-state index in [2.05, 4.69) is 44.9 Å². The van der Waals surface area contributed by atoms with Gasteiger partial charge in [-0.1, -0.05) is 78.3 Å². The molecule has 2 saturated heterocycles. The molecule has 4 aromatic carbocycles. The van der Waals surface area contributed by atoms with E-state index in [1.54, 1.807) is 47.5 Å². The van der Waals surface area contributed by atoms with Gasteiger partial charge in [-0.3, -0.25) is 9.59 Å². The monoisotopic (exact) mass is 948 g/mol. The summed E-state index contributed by atoms with van der Waals surface area (Å²) < 4.78 is 58.7. The van der Waals surface area contributed by atoms with Crippen LogP contribution in [0.15, 0.2) is 132 Å². The number of aryl methyl sites for hydroxylation is 3. The Kier molecular flexibility index (Phi) is 12.3. The minimum atomic E-state index is -3.65. The maximum atomic E-state index is 13.2. The summed E-state index contributed by atoms with van der Waals surface area (Å²) in [5, 5.41) is 7.29. The average Bonchev–Trinajstić information content (AvgIpc) is 4.10. The van der Waals surface area contributed by atoms with Crippen molar-refractivity contribution in [1.29, 1.82) is 0 Å². The molecule has 4 heterocycles. The fourth-order valence-corrected chi connectivity index (χ4v) is 13.6. The molecule has 0 radical (unpaired) electrons. The van der Waals surface area contributed by atoms with E-state index in [1.807, 2.05) is 55.5 Å². The van der Waals surface area contributed by atoms with E-state index in [9.17, 15) is 26.4 Å². The van der Waals surface area contributed by atoms with Crippen molar-refractivity contribution >= 4 is 43.5 Å². The van der Waals surface area contributed by atoms with Crippen LogP contribution in [0.5, 0.6) is 0 Å². The highest BCUT2D eigenvalue weighted by molar-refractivity contribution is 7.89. The average molecular weight is 950 g/mol. The SMILES string of the molecule is Cc1ccccc1C(=O)NC1Cc2ccccc2C12CCN(S(=O)(=O)c1cn(C)cn1)CC2.Cn1cnc(S(=O)(=O)N2CCC3(CC2)c2ccccc2CC3NC(=O)c2ccc(Cl)cc2)c1. The van der Waals surface area contributed by atoms with Gasteiger partial charge in [0.1, 0.15) is 0 Å². The zero-order valence-corrected chi connectivity index (χ0v) is 39.5. The number of carbonyl (C=O) groups excluding carboxylic acids is 2. The smallest absolute Gasteiger partial charge is 0.262 e. The molecule has 17 heteroatoms. The van der Waals surface area contributed by atoms with Crippen LogP contribution < -0.4 is 10.6 Å². The van der Waals surface area contributed by atoms with Gasteiger partial charge < -0.3 is 19.8 Å². The lowest BCUT2D eigenvalue weighted by molar-refractivity contribution is 0.0889. The molecule has 0 saturated carbocycles. The maximum Gasteiger partial charge on any atom is 0.262 e. The number of imidazole rings is 2. The van der Waals surface area contributed by atoms with Crippen LogP contribution in [-0.2, 0) is 57.8 Å².